The number of carbonyl (C=O) groups is 1. The third-order valence-corrected chi connectivity index (χ3v) is 5.46. The molecule has 126 valence electrons. The molecule has 0 unspecified atom stereocenters. The first kappa shape index (κ1) is 17.0. The number of amides is 1. The van der Waals surface area contributed by atoms with Crippen molar-refractivity contribution in [1.82, 2.24) is 20.3 Å². The Morgan fingerprint density at radius 3 is 2.83 bits per heavy atom. The summed E-state index contributed by atoms with van der Waals surface area (Å²) in [6.45, 7) is 8.03. The van der Waals surface area contributed by atoms with Crippen molar-refractivity contribution in [2.45, 2.75) is 38.9 Å². The standard InChI is InChI=1S/C17H20N4OS2/c1-9-5-6-13-14(7-9)21-17(20-13)23-8-15(22)18-10(2)16-11(3)24-12(4)19-16/h5-7,10H,8H2,1-4H3,(H,18,22)(H,20,21)/t10-/m1/s1. The molecular formula is C17H20N4OS2. The number of hydrogen-bond acceptors (Lipinski definition) is 5. The van der Waals surface area contributed by atoms with Gasteiger partial charge in [-0.05, 0) is 45.4 Å². The second kappa shape index (κ2) is 6.94. The summed E-state index contributed by atoms with van der Waals surface area (Å²) in [5.74, 6) is 0.305. The van der Waals surface area contributed by atoms with Crippen LogP contribution in [0.4, 0.5) is 0 Å². The van der Waals surface area contributed by atoms with E-state index in [4.69, 9.17) is 0 Å². The molecule has 3 aromatic rings. The highest BCUT2D eigenvalue weighted by Crippen LogP contribution is 2.23. The highest BCUT2D eigenvalue weighted by Gasteiger charge is 2.16. The number of H-pyrrole nitrogens is 1. The van der Waals surface area contributed by atoms with E-state index in [9.17, 15) is 4.79 Å². The van der Waals surface area contributed by atoms with Crippen molar-refractivity contribution < 1.29 is 4.79 Å². The van der Waals surface area contributed by atoms with Gasteiger partial charge in [-0.15, -0.1) is 11.3 Å². The highest BCUT2D eigenvalue weighted by molar-refractivity contribution is 7.99. The van der Waals surface area contributed by atoms with E-state index in [0.717, 1.165) is 31.8 Å². The smallest absolute Gasteiger partial charge is 0.231 e. The molecule has 1 aromatic carbocycles. The van der Waals surface area contributed by atoms with Crippen LogP contribution in [0.2, 0.25) is 0 Å². The van der Waals surface area contributed by atoms with Gasteiger partial charge in [0.15, 0.2) is 5.16 Å². The number of imidazole rings is 1. The molecule has 0 fully saturated rings. The summed E-state index contributed by atoms with van der Waals surface area (Å²) in [6.07, 6.45) is 0. The maximum Gasteiger partial charge on any atom is 0.231 e. The zero-order valence-electron chi connectivity index (χ0n) is 14.1. The summed E-state index contributed by atoms with van der Waals surface area (Å²) >= 11 is 3.07. The summed E-state index contributed by atoms with van der Waals surface area (Å²) in [4.78, 5) is 25.6. The molecule has 5 nitrogen and oxygen atoms in total. The van der Waals surface area contributed by atoms with E-state index >= 15 is 0 Å². The maximum absolute atomic E-state index is 12.2. The zero-order valence-corrected chi connectivity index (χ0v) is 15.8. The lowest BCUT2D eigenvalue weighted by Crippen LogP contribution is -2.28. The molecule has 24 heavy (non-hydrogen) atoms. The average Bonchev–Trinajstić information content (AvgIpc) is 3.07. The number of carbonyl (C=O) groups excluding carboxylic acids is 1. The number of rotatable bonds is 5. The Hall–Kier alpha value is -1.86. The fraction of sp³-hybridized carbons (Fsp3) is 0.353. The van der Waals surface area contributed by atoms with Crippen molar-refractivity contribution in [3.8, 4) is 0 Å². The van der Waals surface area contributed by atoms with Gasteiger partial charge in [0.2, 0.25) is 5.91 Å². The molecule has 2 N–H and O–H groups in total. The first-order chi connectivity index (χ1) is 11.4. The first-order valence-electron chi connectivity index (χ1n) is 7.75. The van der Waals surface area contributed by atoms with E-state index in [1.54, 1.807) is 11.3 Å². The Balaban J connectivity index is 1.59. The van der Waals surface area contributed by atoms with Crippen LogP contribution in [-0.4, -0.2) is 26.6 Å². The summed E-state index contributed by atoms with van der Waals surface area (Å²) in [6, 6.07) is 5.99. The van der Waals surface area contributed by atoms with E-state index in [2.05, 4.69) is 26.3 Å². The van der Waals surface area contributed by atoms with Crippen molar-refractivity contribution in [1.29, 1.82) is 0 Å². The van der Waals surface area contributed by atoms with E-state index in [0.29, 0.717) is 5.75 Å². The molecule has 1 atom stereocenters. The summed E-state index contributed by atoms with van der Waals surface area (Å²) in [7, 11) is 0. The molecule has 0 bridgehead atoms. The normalized spacial score (nSPS) is 12.5. The number of benzene rings is 1. The molecule has 0 aliphatic rings. The molecule has 0 saturated heterocycles. The maximum atomic E-state index is 12.2. The Kier molecular flexibility index (Phi) is 4.91. The number of hydrogen-bond donors (Lipinski definition) is 2. The van der Waals surface area contributed by atoms with E-state index < -0.39 is 0 Å². The third kappa shape index (κ3) is 3.79. The molecule has 0 radical (unpaired) electrons. The van der Waals surface area contributed by atoms with Crippen LogP contribution in [0.15, 0.2) is 23.4 Å². The minimum atomic E-state index is -0.0821. The lowest BCUT2D eigenvalue weighted by molar-refractivity contribution is -0.119. The van der Waals surface area contributed by atoms with Crippen LogP contribution in [0.3, 0.4) is 0 Å². The Morgan fingerprint density at radius 1 is 1.33 bits per heavy atom. The number of fused-ring (bicyclic) bond motifs is 1. The molecule has 0 aliphatic heterocycles. The van der Waals surface area contributed by atoms with Gasteiger partial charge < -0.3 is 10.3 Å². The predicted octanol–water partition coefficient (Wildman–Crippen LogP) is 3.91. The lowest BCUT2D eigenvalue weighted by atomic mass is 10.2. The zero-order chi connectivity index (χ0) is 17.3. The fourth-order valence-corrected chi connectivity index (χ4v) is 4.21. The molecule has 2 aromatic heterocycles. The van der Waals surface area contributed by atoms with Gasteiger partial charge in [0, 0.05) is 4.88 Å². The van der Waals surface area contributed by atoms with E-state index in [1.165, 1.54) is 17.3 Å². The van der Waals surface area contributed by atoms with Gasteiger partial charge in [-0.3, -0.25) is 4.79 Å². The van der Waals surface area contributed by atoms with Crippen LogP contribution >= 0.6 is 23.1 Å². The lowest BCUT2D eigenvalue weighted by Gasteiger charge is -2.12. The predicted molar refractivity (Wildman–Crippen MR) is 99.7 cm³/mol. The van der Waals surface area contributed by atoms with E-state index in [-0.39, 0.29) is 11.9 Å². The van der Waals surface area contributed by atoms with Crippen LogP contribution in [0.1, 0.15) is 34.1 Å². The topological polar surface area (TPSA) is 70.7 Å². The molecule has 7 heteroatoms. The number of thiazole rings is 1. The molecule has 3 rings (SSSR count). The number of nitrogens with zero attached hydrogens (tertiary/aromatic N) is 2. The number of aromatic amines is 1. The molecule has 0 spiro atoms. The summed E-state index contributed by atoms with van der Waals surface area (Å²) in [5.41, 5.74) is 4.06. The Bertz CT molecular complexity index is 884. The molecule has 1 amide bonds. The second-order valence-electron chi connectivity index (χ2n) is 5.81. The van der Waals surface area contributed by atoms with Crippen LogP contribution in [0.25, 0.3) is 11.0 Å². The van der Waals surface area contributed by atoms with Gasteiger partial charge in [-0.2, -0.15) is 0 Å². The average molecular weight is 361 g/mol. The first-order valence-corrected chi connectivity index (χ1v) is 9.55. The number of aryl methyl sites for hydroxylation is 3. The van der Waals surface area contributed by atoms with Crippen molar-refractivity contribution in [3.05, 3.63) is 39.3 Å². The van der Waals surface area contributed by atoms with Crippen molar-refractivity contribution in [2.75, 3.05) is 5.75 Å². The summed E-state index contributed by atoms with van der Waals surface area (Å²) < 4.78 is 0. The Morgan fingerprint density at radius 2 is 2.12 bits per heavy atom. The SMILES string of the molecule is Cc1ccc2nc(SCC(=O)N[C@H](C)c3nc(C)sc3C)[nH]c2c1. The van der Waals surface area contributed by atoms with Crippen molar-refractivity contribution in [3.63, 3.8) is 0 Å². The third-order valence-electron chi connectivity index (χ3n) is 3.68. The number of thioether (sulfide) groups is 1. The second-order valence-corrected chi connectivity index (χ2v) is 8.19. The van der Waals surface area contributed by atoms with Crippen LogP contribution < -0.4 is 5.32 Å². The van der Waals surface area contributed by atoms with Gasteiger partial charge >= 0.3 is 0 Å². The quantitative estimate of drug-likeness (QED) is 0.677. The molecule has 2 heterocycles. The summed E-state index contributed by atoms with van der Waals surface area (Å²) in [5, 5.41) is 4.79. The minimum Gasteiger partial charge on any atom is -0.347 e. The largest absolute Gasteiger partial charge is 0.347 e. The van der Waals surface area contributed by atoms with Crippen LogP contribution in [0.5, 0.6) is 0 Å². The van der Waals surface area contributed by atoms with Gasteiger partial charge in [0.1, 0.15) is 0 Å². The number of nitrogens with one attached hydrogen (secondary N) is 2. The molecular weight excluding hydrogens is 340 g/mol. The number of aromatic nitrogens is 3. The molecule has 0 aliphatic carbocycles. The van der Waals surface area contributed by atoms with E-state index in [1.807, 2.05) is 39.8 Å². The van der Waals surface area contributed by atoms with Gasteiger partial charge in [0.25, 0.3) is 0 Å². The van der Waals surface area contributed by atoms with Crippen LogP contribution in [0, 0.1) is 20.8 Å². The van der Waals surface area contributed by atoms with Crippen molar-refractivity contribution in [2.24, 2.45) is 0 Å². The Labute approximate surface area is 149 Å². The minimum absolute atomic E-state index is 0.0193. The van der Waals surface area contributed by atoms with Gasteiger partial charge in [-0.1, -0.05) is 17.8 Å². The molecule has 0 saturated carbocycles. The monoisotopic (exact) mass is 360 g/mol. The van der Waals surface area contributed by atoms with Crippen LogP contribution in [-0.2, 0) is 4.79 Å². The van der Waals surface area contributed by atoms with Gasteiger partial charge in [-0.25, -0.2) is 9.97 Å². The van der Waals surface area contributed by atoms with Gasteiger partial charge in [0.05, 0.1) is 33.5 Å². The highest BCUT2D eigenvalue weighted by atomic mass is 32.2. The van der Waals surface area contributed by atoms with Crippen molar-refractivity contribution >= 4 is 40.0 Å². The fourth-order valence-electron chi connectivity index (χ4n) is 2.60.